The number of ether oxygens (including phenoxy) is 2. The van der Waals surface area contributed by atoms with E-state index in [0.717, 1.165) is 53.9 Å². The molecule has 0 spiro atoms. The molecule has 1 saturated carbocycles. The van der Waals surface area contributed by atoms with Crippen LogP contribution >= 0.6 is 12.4 Å². The van der Waals surface area contributed by atoms with Crippen molar-refractivity contribution in [2.75, 3.05) is 38.8 Å². The number of pyridine rings is 1. The summed E-state index contributed by atoms with van der Waals surface area (Å²) in [6, 6.07) is 9.61. The molecule has 2 fully saturated rings. The number of piperazine rings is 1. The summed E-state index contributed by atoms with van der Waals surface area (Å²) in [5, 5.41) is 1.07. The number of nitrogens with zero attached hydrogens (tertiary/aromatic N) is 3. The van der Waals surface area contributed by atoms with Crippen LogP contribution in [0.4, 0.5) is 5.82 Å². The molecule has 25 heavy (non-hydrogen) atoms. The minimum absolute atomic E-state index is 0. The maximum absolute atomic E-state index is 5.41. The van der Waals surface area contributed by atoms with Gasteiger partial charge in [-0.3, -0.25) is 4.90 Å². The number of methoxy groups -OCH3 is 2. The molecule has 4 rings (SSSR count). The molecule has 1 aromatic carbocycles. The van der Waals surface area contributed by atoms with E-state index >= 15 is 0 Å². The first-order chi connectivity index (χ1) is 11.7. The highest BCUT2D eigenvalue weighted by Gasteiger charge is 2.35. The second-order valence-corrected chi connectivity index (χ2v) is 6.83. The molecule has 0 amide bonds. The fraction of sp³-hybridized carbons (Fsp3) is 0.526. The Hall–Kier alpha value is -1.72. The third-order valence-corrected chi connectivity index (χ3v) is 5.20. The fourth-order valence-corrected chi connectivity index (χ4v) is 3.74. The number of hydrogen-bond donors (Lipinski definition) is 0. The lowest BCUT2D eigenvalue weighted by atomic mass is 10.1. The van der Waals surface area contributed by atoms with Crippen molar-refractivity contribution in [1.29, 1.82) is 0 Å². The standard InChI is InChI=1S/C19H25N3O2.ClH/c1-13-12-21(8-9-22(13)15-5-6-15)19-7-4-14-10-17(23-2)18(24-3)11-16(14)20-19;/h4,7,10-11,13,15H,5-6,8-9,12H2,1-3H3;1H. The Morgan fingerprint density at radius 2 is 1.76 bits per heavy atom. The van der Waals surface area contributed by atoms with Gasteiger partial charge in [0.2, 0.25) is 0 Å². The molecule has 6 heteroatoms. The van der Waals surface area contributed by atoms with E-state index in [0.29, 0.717) is 6.04 Å². The van der Waals surface area contributed by atoms with Gasteiger partial charge < -0.3 is 14.4 Å². The summed E-state index contributed by atoms with van der Waals surface area (Å²) >= 11 is 0. The summed E-state index contributed by atoms with van der Waals surface area (Å²) in [6.07, 6.45) is 2.75. The predicted octanol–water partition coefficient (Wildman–Crippen LogP) is 3.35. The Morgan fingerprint density at radius 1 is 1.04 bits per heavy atom. The lowest BCUT2D eigenvalue weighted by molar-refractivity contribution is 0.179. The summed E-state index contributed by atoms with van der Waals surface area (Å²) in [4.78, 5) is 9.94. The minimum atomic E-state index is 0. The maximum atomic E-state index is 5.41. The molecule has 2 aromatic rings. The molecular formula is C19H26ClN3O2. The number of aromatic nitrogens is 1. The van der Waals surface area contributed by atoms with Crippen molar-refractivity contribution in [3.8, 4) is 11.5 Å². The number of halogens is 1. The van der Waals surface area contributed by atoms with Crippen LogP contribution in [0.25, 0.3) is 10.9 Å². The molecule has 1 aromatic heterocycles. The van der Waals surface area contributed by atoms with Gasteiger partial charge in [0, 0.05) is 43.2 Å². The van der Waals surface area contributed by atoms with Crippen molar-refractivity contribution in [3.05, 3.63) is 24.3 Å². The number of rotatable bonds is 4. The quantitative estimate of drug-likeness (QED) is 0.832. The van der Waals surface area contributed by atoms with Crippen molar-refractivity contribution >= 4 is 29.1 Å². The molecule has 1 atom stereocenters. The summed E-state index contributed by atoms with van der Waals surface area (Å²) in [5.41, 5.74) is 0.947. The van der Waals surface area contributed by atoms with E-state index in [9.17, 15) is 0 Å². The van der Waals surface area contributed by atoms with E-state index in [-0.39, 0.29) is 12.4 Å². The Morgan fingerprint density at radius 3 is 2.40 bits per heavy atom. The van der Waals surface area contributed by atoms with Gasteiger partial charge >= 0.3 is 0 Å². The zero-order valence-corrected chi connectivity index (χ0v) is 15.9. The van der Waals surface area contributed by atoms with Crippen LogP contribution in [0.2, 0.25) is 0 Å². The van der Waals surface area contributed by atoms with Gasteiger partial charge in [0.05, 0.1) is 19.7 Å². The number of benzene rings is 1. The molecule has 0 radical (unpaired) electrons. The van der Waals surface area contributed by atoms with Gasteiger partial charge in [-0.1, -0.05) is 0 Å². The van der Waals surface area contributed by atoms with E-state index in [1.54, 1.807) is 14.2 Å². The van der Waals surface area contributed by atoms with Crippen LogP contribution < -0.4 is 14.4 Å². The smallest absolute Gasteiger partial charge is 0.162 e. The summed E-state index contributed by atoms with van der Waals surface area (Å²) in [5.74, 6) is 2.52. The number of hydrogen-bond acceptors (Lipinski definition) is 5. The van der Waals surface area contributed by atoms with Gasteiger partial charge in [0.1, 0.15) is 5.82 Å². The van der Waals surface area contributed by atoms with Crippen LogP contribution in [0.3, 0.4) is 0 Å². The monoisotopic (exact) mass is 363 g/mol. The first-order valence-corrected chi connectivity index (χ1v) is 8.73. The van der Waals surface area contributed by atoms with Crippen LogP contribution in [0, 0.1) is 0 Å². The second-order valence-electron chi connectivity index (χ2n) is 6.83. The lowest BCUT2D eigenvalue weighted by Crippen LogP contribution is -2.52. The molecule has 1 unspecified atom stereocenters. The summed E-state index contributed by atoms with van der Waals surface area (Å²) in [7, 11) is 3.32. The highest BCUT2D eigenvalue weighted by molar-refractivity contribution is 5.85. The zero-order valence-electron chi connectivity index (χ0n) is 15.1. The number of fused-ring (bicyclic) bond motifs is 1. The third-order valence-electron chi connectivity index (χ3n) is 5.20. The third kappa shape index (κ3) is 3.48. The van der Waals surface area contributed by atoms with Crippen molar-refractivity contribution < 1.29 is 9.47 Å². The van der Waals surface area contributed by atoms with Crippen molar-refractivity contribution in [1.82, 2.24) is 9.88 Å². The fourth-order valence-electron chi connectivity index (χ4n) is 3.74. The van der Waals surface area contributed by atoms with Gasteiger partial charge in [-0.15, -0.1) is 12.4 Å². The topological polar surface area (TPSA) is 37.8 Å². The van der Waals surface area contributed by atoms with Crippen molar-refractivity contribution in [2.24, 2.45) is 0 Å². The molecule has 136 valence electrons. The largest absolute Gasteiger partial charge is 0.493 e. The molecule has 2 heterocycles. The molecule has 1 aliphatic heterocycles. The normalized spacial score (nSPS) is 21.1. The number of anilines is 1. The molecular weight excluding hydrogens is 338 g/mol. The first kappa shape index (κ1) is 18.1. The second kappa shape index (κ2) is 7.26. The zero-order chi connectivity index (χ0) is 16.7. The van der Waals surface area contributed by atoms with Gasteiger partial charge in [-0.2, -0.15) is 0 Å². The Kier molecular flexibility index (Phi) is 5.25. The molecule has 1 saturated heterocycles. The Bertz CT molecular complexity index is 751. The van der Waals surface area contributed by atoms with Crippen LogP contribution in [-0.4, -0.2) is 55.8 Å². The average molecular weight is 364 g/mol. The van der Waals surface area contributed by atoms with E-state index in [1.807, 2.05) is 12.1 Å². The van der Waals surface area contributed by atoms with Crippen LogP contribution in [0.5, 0.6) is 11.5 Å². The minimum Gasteiger partial charge on any atom is -0.493 e. The van der Waals surface area contributed by atoms with E-state index in [2.05, 4.69) is 28.9 Å². The van der Waals surface area contributed by atoms with E-state index in [4.69, 9.17) is 14.5 Å². The molecule has 0 bridgehead atoms. The summed E-state index contributed by atoms with van der Waals surface area (Å²) < 4.78 is 10.8. The molecule has 1 aliphatic carbocycles. The highest BCUT2D eigenvalue weighted by Crippen LogP contribution is 2.34. The lowest BCUT2D eigenvalue weighted by Gasteiger charge is -2.40. The van der Waals surface area contributed by atoms with Crippen LogP contribution in [0.15, 0.2) is 24.3 Å². The predicted molar refractivity (Wildman–Crippen MR) is 103 cm³/mol. The maximum Gasteiger partial charge on any atom is 0.162 e. The molecule has 0 N–H and O–H groups in total. The van der Waals surface area contributed by atoms with Gasteiger partial charge in [-0.05, 0) is 38.0 Å². The SMILES string of the molecule is COc1cc2ccc(N3CCN(C4CC4)C(C)C3)nc2cc1OC.Cl. The van der Waals surface area contributed by atoms with Crippen molar-refractivity contribution in [2.45, 2.75) is 31.8 Å². The van der Waals surface area contributed by atoms with E-state index < -0.39 is 0 Å². The Balaban J connectivity index is 0.00000182. The average Bonchev–Trinajstić information content (AvgIpc) is 3.44. The van der Waals surface area contributed by atoms with E-state index in [1.165, 1.54) is 12.8 Å². The Labute approximate surface area is 155 Å². The molecule has 2 aliphatic rings. The first-order valence-electron chi connectivity index (χ1n) is 8.73. The van der Waals surface area contributed by atoms with Gasteiger partial charge in [-0.25, -0.2) is 4.98 Å². The van der Waals surface area contributed by atoms with Gasteiger partial charge in [0.15, 0.2) is 11.5 Å². The highest BCUT2D eigenvalue weighted by atomic mass is 35.5. The summed E-state index contributed by atoms with van der Waals surface area (Å²) in [6.45, 7) is 5.56. The van der Waals surface area contributed by atoms with Crippen molar-refractivity contribution in [3.63, 3.8) is 0 Å². The van der Waals surface area contributed by atoms with Gasteiger partial charge in [0.25, 0.3) is 0 Å². The molecule has 5 nitrogen and oxygen atoms in total. The van der Waals surface area contributed by atoms with Crippen LogP contribution in [-0.2, 0) is 0 Å². The van der Waals surface area contributed by atoms with Crippen LogP contribution in [0.1, 0.15) is 19.8 Å².